The molecule has 6 nitrogen and oxygen atoms in total. The van der Waals surface area contributed by atoms with Gasteiger partial charge in [-0.3, -0.25) is 4.79 Å². The second-order valence-electron chi connectivity index (χ2n) is 11.0. The number of aromatic amines is 4. The van der Waals surface area contributed by atoms with Gasteiger partial charge >= 0.3 is 5.97 Å². The van der Waals surface area contributed by atoms with Crippen molar-refractivity contribution in [3.05, 3.63) is 103 Å². The van der Waals surface area contributed by atoms with E-state index in [2.05, 4.69) is 67.7 Å². The molecule has 0 saturated carbocycles. The van der Waals surface area contributed by atoms with Crippen LogP contribution in [-0.4, -0.2) is 31.0 Å². The van der Waals surface area contributed by atoms with E-state index >= 15 is 0 Å². The number of nitrogens with one attached hydrogen (secondary N) is 4. The van der Waals surface area contributed by atoms with E-state index in [-0.39, 0.29) is 6.42 Å². The molecule has 0 saturated heterocycles. The highest BCUT2D eigenvalue weighted by Crippen LogP contribution is 2.32. The van der Waals surface area contributed by atoms with Crippen LogP contribution in [0.25, 0.3) is 12.2 Å². The van der Waals surface area contributed by atoms with Gasteiger partial charge in [-0.05, 0) is 85.0 Å². The molecule has 0 amide bonds. The normalized spacial score (nSPS) is 13.1. The smallest absolute Gasteiger partial charge is 0.303 e. The van der Waals surface area contributed by atoms with Crippen molar-refractivity contribution in [2.24, 2.45) is 0 Å². The van der Waals surface area contributed by atoms with Gasteiger partial charge in [-0.25, -0.2) is 0 Å². The average molecular weight is 525 g/mol. The summed E-state index contributed by atoms with van der Waals surface area (Å²) < 4.78 is 0. The first kappa shape index (κ1) is 26.7. The Morgan fingerprint density at radius 2 is 1.05 bits per heavy atom. The zero-order valence-corrected chi connectivity index (χ0v) is 23.9. The lowest BCUT2D eigenvalue weighted by molar-refractivity contribution is -0.136. The Morgan fingerprint density at radius 3 is 1.49 bits per heavy atom. The van der Waals surface area contributed by atoms with Crippen LogP contribution < -0.4 is 0 Å². The van der Waals surface area contributed by atoms with Gasteiger partial charge in [0.05, 0.1) is 0 Å². The number of fused-ring (bicyclic) bond motifs is 8. The molecule has 0 unspecified atom stereocenters. The van der Waals surface area contributed by atoms with Crippen LogP contribution in [-0.2, 0) is 43.3 Å². The summed E-state index contributed by atoms with van der Waals surface area (Å²) in [6, 6.07) is 0. The highest BCUT2D eigenvalue weighted by Gasteiger charge is 2.23. The number of hydrogen-bond donors (Lipinski definition) is 5. The Balaban J connectivity index is 1.72. The van der Waals surface area contributed by atoms with Crippen molar-refractivity contribution in [2.45, 2.75) is 79.6 Å². The Morgan fingerprint density at radius 1 is 0.667 bits per heavy atom. The Kier molecular flexibility index (Phi) is 7.06. The highest BCUT2D eigenvalue weighted by molar-refractivity contribution is 5.67. The molecule has 0 aromatic carbocycles. The quantitative estimate of drug-likeness (QED) is 0.169. The van der Waals surface area contributed by atoms with E-state index in [9.17, 15) is 9.90 Å². The molecular weight excluding hydrogens is 484 g/mol. The predicted octanol–water partition coefficient (Wildman–Crippen LogP) is 6.77. The summed E-state index contributed by atoms with van der Waals surface area (Å²) in [5.74, 6) is -0.772. The van der Waals surface area contributed by atoms with Crippen LogP contribution in [0.5, 0.6) is 0 Å². The third kappa shape index (κ3) is 4.62. The molecule has 0 spiro atoms. The SMILES string of the molecule is C=Cc1c2[nH]c(c1C)Cc1[nH]c(c(C)c1CC)Cc1[nH]c(c(C)c1CCC(=O)O)Cc1[nH]c(c(C)c1C=C)C2. The molecule has 204 valence electrons. The summed E-state index contributed by atoms with van der Waals surface area (Å²) in [7, 11) is 0. The van der Waals surface area contributed by atoms with Crippen LogP contribution in [0.3, 0.4) is 0 Å². The zero-order valence-electron chi connectivity index (χ0n) is 23.9. The first-order chi connectivity index (χ1) is 18.7. The summed E-state index contributed by atoms with van der Waals surface area (Å²) in [4.78, 5) is 26.5. The van der Waals surface area contributed by atoms with Gasteiger partial charge < -0.3 is 25.0 Å². The summed E-state index contributed by atoms with van der Waals surface area (Å²) in [5.41, 5.74) is 19.0. The molecule has 6 heteroatoms. The lowest BCUT2D eigenvalue weighted by Crippen LogP contribution is -2.02. The van der Waals surface area contributed by atoms with Gasteiger partial charge in [-0.15, -0.1) is 0 Å². The number of aromatic nitrogens is 4. The summed E-state index contributed by atoms with van der Waals surface area (Å²) in [5, 5.41) is 9.45. The average Bonchev–Trinajstić information content (AvgIpc) is 3.55. The molecule has 0 aliphatic carbocycles. The molecule has 0 fully saturated rings. The fraction of sp³-hybridized carbons (Fsp3) is 0.364. The van der Waals surface area contributed by atoms with Gasteiger partial charge in [0.2, 0.25) is 0 Å². The van der Waals surface area contributed by atoms with Gasteiger partial charge in [0.1, 0.15) is 0 Å². The first-order valence-electron chi connectivity index (χ1n) is 13.9. The molecule has 5 rings (SSSR count). The maximum atomic E-state index is 11.5. The molecule has 0 radical (unpaired) electrons. The van der Waals surface area contributed by atoms with Crippen molar-refractivity contribution in [1.82, 2.24) is 19.9 Å². The second kappa shape index (κ2) is 10.3. The van der Waals surface area contributed by atoms with Crippen molar-refractivity contribution in [1.29, 1.82) is 0 Å². The molecule has 4 aromatic heterocycles. The lowest BCUT2D eigenvalue weighted by atomic mass is 9.98. The van der Waals surface area contributed by atoms with Crippen molar-refractivity contribution in [3.63, 3.8) is 0 Å². The Bertz CT molecular complexity index is 1600. The van der Waals surface area contributed by atoms with Crippen LogP contribution in [0.15, 0.2) is 13.2 Å². The largest absolute Gasteiger partial charge is 0.481 e. The number of carboxylic acid groups (broad SMARTS) is 1. The Labute approximate surface area is 230 Å². The van der Waals surface area contributed by atoms with Gasteiger partial charge in [0, 0.05) is 77.7 Å². The minimum atomic E-state index is -0.772. The number of H-pyrrole nitrogens is 4. The van der Waals surface area contributed by atoms with Gasteiger partial charge in [0.25, 0.3) is 0 Å². The Hall–Kier alpha value is -3.93. The summed E-state index contributed by atoms with van der Waals surface area (Å²) >= 11 is 0. The summed E-state index contributed by atoms with van der Waals surface area (Å²) in [6.07, 6.45) is 8.46. The van der Waals surface area contributed by atoms with Crippen molar-refractivity contribution in [3.8, 4) is 0 Å². The zero-order chi connectivity index (χ0) is 28.0. The third-order valence-electron chi connectivity index (χ3n) is 8.87. The highest BCUT2D eigenvalue weighted by atomic mass is 16.4. The second-order valence-corrected chi connectivity index (χ2v) is 11.0. The van der Waals surface area contributed by atoms with Crippen LogP contribution in [0, 0.1) is 27.7 Å². The standard InChI is InChI=1S/C33H40N4O2/c1-8-21-17(4)25-14-30-23(10-3)19(6)27(36-30)16-32-24(11-12-33(38)39)20(7)28(37-32)15-31-22(9-2)18(5)26(35-31)13-29(21)34-25/h8-9,34-37H,1-2,10-16H2,3-7H3,(H,38,39). The molecule has 4 aromatic rings. The van der Waals surface area contributed by atoms with Crippen LogP contribution in [0.4, 0.5) is 0 Å². The maximum absolute atomic E-state index is 11.5. The predicted molar refractivity (Wildman–Crippen MR) is 159 cm³/mol. The molecule has 39 heavy (non-hydrogen) atoms. The molecule has 1 aliphatic heterocycles. The van der Waals surface area contributed by atoms with E-state index < -0.39 is 5.97 Å². The lowest BCUT2D eigenvalue weighted by Gasteiger charge is -2.05. The van der Waals surface area contributed by atoms with Gasteiger partial charge in [0.15, 0.2) is 0 Å². The molecule has 0 atom stereocenters. The fourth-order valence-corrected chi connectivity index (χ4v) is 6.58. The van der Waals surface area contributed by atoms with Gasteiger partial charge in [-0.2, -0.15) is 0 Å². The van der Waals surface area contributed by atoms with Crippen molar-refractivity contribution < 1.29 is 9.90 Å². The topological polar surface area (TPSA) is 100 Å². The number of rotatable bonds is 6. The number of aliphatic carboxylic acids is 1. The van der Waals surface area contributed by atoms with E-state index in [0.717, 1.165) is 53.0 Å². The third-order valence-corrected chi connectivity index (χ3v) is 8.87. The van der Waals surface area contributed by atoms with Crippen molar-refractivity contribution >= 4 is 18.1 Å². The minimum Gasteiger partial charge on any atom is -0.481 e. The monoisotopic (exact) mass is 524 g/mol. The van der Waals surface area contributed by atoms with Crippen LogP contribution >= 0.6 is 0 Å². The number of hydrogen-bond acceptors (Lipinski definition) is 1. The van der Waals surface area contributed by atoms with E-state index in [1.807, 2.05) is 12.2 Å². The van der Waals surface area contributed by atoms with E-state index in [1.165, 1.54) is 56.3 Å². The molecular formula is C33H40N4O2. The van der Waals surface area contributed by atoms with Crippen LogP contribution in [0.2, 0.25) is 0 Å². The maximum Gasteiger partial charge on any atom is 0.303 e. The molecule has 1 aliphatic rings. The number of carbonyl (C=O) groups is 1. The van der Waals surface area contributed by atoms with Crippen molar-refractivity contribution in [2.75, 3.05) is 0 Å². The molecule has 5 heterocycles. The van der Waals surface area contributed by atoms with E-state index in [0.29, 0.717) is 19.3 Å². The minimum absolute atomic E-state index is 0.115. The first-order valence-corrected chi connectivity index (χ1v) is 13.9. The molecule has 8 bridgehead atoms. The van der Waals surface area contributed by atoms with E-state index in [4.69, 9.17) is 0 Å². The fourth-order valence-electron chi connectivity index (χ4n) is 6.58. The van der Waals surface area contributed by atoms with Gasteiger partial charge in [-0.1, -0.05) is 32.2 Å². The van der Waals surface area contributed by atoms with Crippen LogP contribution in [0.1, 0.15) is 103 Å². The number of carboxylic acids is 1. The molecule has 5 N–H and O–H groups in total. The van der Waals surface area contributed by atoms with E-state index in [1.54, 1.807) is 0 Å². The summed E-state index contributed by atoms with van der Waals surface area (Å²) in [6.45, 7) is 19.1.